The molecule has 0 aromatic heterocycles. The SMILES string of the molecule is Cc1ccccc1CNC(=O)Nc1ccccc1OC(F)F. The molecule has 6 heteroatoms. The molecule has 2 aromatic rings. The third kappa shape index (κ3) is 4.44. The van der Waals surface area contributed by atoms with Crippen molar-refractivity contribution in [2.24, 2.45) is 0 Å². The molecule has 2 aromatic carbocycles. The first-order chi connectivity index (χ1) is 10.6. The Morgan fingerprint density at radius 2 is 1.82 bits per heavy atom. The molecule has 0 spiro atoms. The number of carbonyl (C=O) groups excluding carboxylic acids is 1. The van der Waals surface area contributed by atoms with Crippen molar-refractivity contribution in [2.75, 3.05) is 5.32 Å². The maximum atomic E-state index is 12.3. The van der Waals surface area contributed by atoms with Crippen LogP contribution in [-0.4, -0.2) is 12.6 Å². The molecule has 0 fully saturated rings. The van der Waals surface area contributed by atoms with Gasteiger partial charge in [0.15, 0.2) is 0 Å². The second kappa shape index (κ2) is 7.40. The summed E-state index contributed by atoms with van der Waals surface area (Å²) in [4.78, 5) is 11.9. The quantitative estimate of drug-likeness (QED) is 0.879. The molecular formula is C16H16F2N2O2. The van der Waals surface area contributed by atoms with Crippen LogP contribution in [0.15, 0.2) is 48.5 Å². The van der Waals surface area contributed by atoms with Gasteiger partial charge in [-0.25, -0.2) is 4.79 Å². The fourth-order valence-electron chi connectivity index (χ4n) is 1.92. The van der Waals surface area contributed by atoms with Gasteiger partial charge in [-0.2, -0.15) is 8.78 Å². The van der Waals surface area contributed by atoms with Gasteiger partial charge >= 0.3 is 12.6 Å². The van der Waals surface area contributed by atoms with Gasteiger partial charge in [-0.05, 0) is 30.2 Å². The summed E-state index contributed by atoms with van der Waals surface area (Å²) >= 11 is 0. The maximum absolute atomic E-state index is 12.3. The molecule has 0 radical (unpaired) electrons. The average Bonchev–Trinajstić information content (AvgIpc) is 2.48. The highest BCUT2D eigenvalue weighted by Crippen LogP contribution is 2.25. The fourth-order valence-corrected chi connectivity index (χ4v) is 1.92. The van der Waals surface area contributed by atoms with E-state index in [4.69, 9.17) is 0 Å². The lowest BCUT2D eigenvalue weighted by molar-refractivity contribution is -0.0493. The van der Waals surface area contributed by atoms with Crippen molar-refractivity contribution in [3.05, 3.63) is 59.7 Å². The topological polar surface area (TPSA) is 50.4 Å². The Hall–Kier alpha value is -2.63. The summed E-state index contributed by atoms with van der Waals surface area (Å²) in [5.74, 6) is -0.0801. The number of aryl methyl sites for hydroxylation is 1. The lowest BCUT2D eigenvalue weighted by Crippen LogP contribution is -2.28. The number of urea groups is 1. The van der Waals surface area contributed by atoms with Gasteiger partial charge in [0.2, 0.25) is 0 Å². The normalized spacial score (nSPS) is 10.4. The zero-order chi connectivity index (χ0) is 15.9. The van der Waals surface area contributed by atoms with Crippen LogP contribution in [0.5, 0.6) is 5.75 Å². The fraction of sp³-hybridized carbons (Fsp3) is 0.188. The average molecular weight is 306 g/mol. The second-order valence-corrected chi connectivity index (χ2v) is 4.61. The van der Waals surface area contributed by atoms with Gasteiger partial charge in [0.25, 0.3) is 0 Å². The van der Waals surface area contributed by atoms with E-state index in [1.807, 2.05) is 31.2 Å². The Kier molecular flexibility index (Phi) is 5.30. The number of para-hydroxylation sites is 2. The van der Waals surface area contributed by atoms with Crippen LogP contribution in [0.25, 0.3) is 0 Å². The minimum Gasteiger partial charge on any atom is -0.433 e. The van der Waals surface area contributed by atoms with Crippen LogP contribution in [-0.2, 0) is 6.54 Å². The number of rotatable bonds is 5. The van der Waals surface area contributed by atoms with Crippen LogP contribution in [0.2, 0.25) is 0 Å². The Bertz CT molecular complexity index is 648. The molecule has 4 nitrogen and oxygen atoms in total. The Labute approximate surface area is 127 Å². The van der Waals surface area contributed by atoms with E-state index < -0.39 is 12.6 Å². The van der Waals surface area contributed by atoms with E-state index in [-0.39, 0.29) is 11.4 Å². The molecule has 0 saturated heterocycles. The van der Waals surface area contributed by atoms with E-state index in [0.29, 0.717) is 6.54 Å². The van der Waals surface area contributed by atoms with Gasteiger partial charge in [0, 0.05) is 6.54 Å². The first-order valence-electron chi connectivity index (χ1n) is 6.69. The van der Waals surface area contributed by atoms with Crippen molar-refractivity contribution < 1.29 is 18.3 Å². The lowest BCUT2D eigenvalue weighted by atomic mass is 10.1. The molecule has 0 saturated carbocycles. The van der Waals surface area contributed by atoms with Crippen LogP contribution in [0, 0.1) is 6.92 Å². The third-order valence-corrected chi connectivity index (χ3v) is 3.05. The van der Waals surface area contributed by atoms with Crippen molar-refractivity contribution >= 4 is 11.7 Å². The van der Waals surface area contributed by atoms with E-state index in [9.17, 15) is 13.6 Å². The van der Waals surface area contributed by atoms with Crippen LogP contribution in [0.3, 0.4) is 0 Å². The predicted octanol–water partition coefficient (Wildman–Crippen LogP) is 3.92. The molecule has 0 bridgehead atoms. The number of anilines is 1. The number of hydrogen-bond donors (Lipinski definition) is 2. The first-order valence-corrected chi connectivity index (χ1v) is 6.69. The number of ether oxygens (including phenoxy) is 1. The highest BCUT2D eigenvalue weighted by molar-refractivity contribution is 5.90. The number of amides is 2. The molecule has 22 heavy (non-hydrogen) atoms. The molecule has 116 valence electrons. The smallest absolute Gasteiger partial charge is 0.387 e. The summed E-state index contributed by atoms with van der Waals surface area (Å²) in [6.45, 7) is -0.658. The molecule has 2 N–H and O–H groups in total. The van der Waals surface area contributed by atoms with Crippen molar-refractivity contribution in [1.82, 2.24) is 5.32 Å². The highest BCUT2D eigenvalue weighted by atomic mass is 19.3. The van der Waals surface area contributed by atoms with Crippen LogP contribution < -0.4 is 15.4 Å². The van der Waals surface area contributed by atoms with Crippen molar-refractivity contribution in [2.45, 2.75) is 20.1 Å². The standard InChI is InChI=1S/C16H16F2N2O2/c1-11-6-2-3-7-12(11)10-19-16(21)20-13-8-4-5-9-14(13)22-15(17)18/h2-9,15H,10H2,1H3,(H2,19,20,21). The van der Waals surface area contributed by atoms with Gasteiger partial charge in [-0.1, -0.05) is 36.4 Å². The molecule has 0 atom stereocenters. The zero-order valence-corrected chi connectivity index (χ0v) is 12.0. The zero-order valence-electron chi connectivity index (χ0n) is 12.0. The number of halogens is 2. The minimum absolute atomic E-state index is 0.0801. The first kappa shape index (κ1) is 15.8. The number of benzene rings is 2. The summed E-state index contributed by atoms with van der Waals surface area (Å²) in [5, 5.41) is 5.17. The third-order valence-electron chi connectivity index (χ3n) is 3.05. The van der Waals surface area contributed by atoms with Gasteiger partial charge < -0.3 is 15.4 Å². The van der Waals surface area contributed by atoms with Crippen molar-refractivity contribution in [1.29, 1.82) is 0 Å². The lowest BCUT2D eigenvalue weighted by Gasteiger charge is -2.13. The Balaban J connectivity index is 1.96. The Morgan fingerprint density at radius 3 is 2.55 bits per heavy atom. The largest absolute Gasteiger partial charge is 0.433 e. The van der Waals surface area contributed by atoms with Gasteiger partial charge in [0.05, 0.1) is 5.69 Å². The van der Waals surface area contributed by atoms with Gasteiger partial charge in [0.1, 0.15) is 5.75 Å². The summed E-state index contributed by atoms with van der Waals surface area (Å²) in [6.07, 6.45) is 0. The predicted molar refractivity (Wildman–Crippen MR) is 80.1 cm³/mol. The maximum Gasteiger partial charge on any atom is 0.387 e. The van der Waals surface area contributed by atoms with Gasteiger partial charge in [-0.15, -0.1) is 0 Å². The highest BCUT2D eigenvalue weighted by Gasteiger charge is 2.11. The van der Waals surface area contributed by atoms with Crippen LogP contribution in [0.1, 0.15) is 11.1 Å². The summed E-state index contributed by atoms with van der Waals surface area (Å²) in [6, 6.07) is 13.2. The van der Waals surface area contributed by atoms with Crippen LogP contribution >= 0.6 is 0 Å². The van der Waals surface area contributed by atoms with E-state index in [1.165, 1.54) is 12.1 Å². The molecule has 0 unspecified atom stereocenters. The van der Waals surface area contributed by atoms with E-state index in [0.717, 1.165) is 11.1 Å². The van der Waals surface area contributed by atoms with Crippen LogP contribution in [0.4, 0.5) is 19.3 Å². The molecule has 2 rings (SSSR count). The summed E-state index contributed by atoms with van der Waals surface area (Å²) in [5.41, 5.74) is 2.23. The summed E-state index contributed by atoms with van der Waals surface area (Å²) < 4.78 is 29.0. The van der Waals surface area contributed by atoms with E-state index in [1.54, 1.807) is 12.1 Å². The monoisotopic (exact) mass is 306 g/mol. The molecule has 0 aliphatic carbocycles. The number of carbonyl (C=O) groups is 1. The number of alkyl halides is 2. The molecule has 0 heterocycles. The van der Waals surface area contributed by atoms with Crippen molar-refractivity contribution in [3.8, 4) is 5.75 Å². The Morgan fingerprint density at radius 1 is 1.14 bits per heavy atom. The molecule has 0 aliphatic heterocycles. The number of nitrogens with one attached hydrogen (secondary N) is 2. The number of hydrogen-bond acceptors (Lipinski definition) is 2. The van der Waals surface area contributed by atoms with E-state index in [2.05, 4.69) is 15.4 Å². The minimum atomic E-state index is -2.95. The molecule has 2 amide bonds. The van der Waals surface area contributed by atoms with Crippen molar-refractivity contribution in [3.63, 3.8) is 0 Å². The van der Waals surface area contributed by atoms with Gasteiger partial charge in [-0.3, -0.25) is 0 Å². The molecule has 0 aliphatic rings. The molecular weight excluding hydrogens is 290 g/mol. The van der Waals surface area contributed by atoms with E-state index >= 15 is 0 Å². The second-order valence-electron chi connectivity index (χ2n) is 4.61. The summed E-state index contributed by atoms with van der Waals surface area (Å²) in [7, 11) is 0.